The molecule has 1 aliphatic carbocycles. The molecule has 0 saturated heterocycles. The van der Waals surface area contributed by atoms with Crippen molar-refractivity contribution in [3.8, 4) is 27.6 Å². The number of amides is 6. The van der Waals surface area contributed by atoms with Crippen molar-refractivity contribution in [3.63, 3.8) is 0 Å². The van der Waals surface area contributed by atoms with Crippen LogP contribution in [0.4, 0.5) is 9.59 Å². The first-order valence-corrected chi connectivity index (χ1v) is 22.6. The first-order chi connectivity index (χ1) is 30.9. The van der Waals surface area contributed by atoms with E-state index in [1.54, 1.807) is 72.8 Å². The van der Waals surface area contributed by atoms with Crippen molar-refractivity contribution >= 4 is 91.4 Å². The fourth-order valence-electron chi connectivity index (χ4n) is 8.28. The predicted molar refractivity (Wildman–Crippen MR) is 238 cm³/mol. The third-order valence-electron chi connectivity index (χ3n) is 11.6. The number of benzene rings is 2. The van der Waals surface area contributed by atoms with Gasteiger partial charge in [0.15, 0.2) is 5.75 Å². The number of carbonyl (C=O) groups is 6. The molecular weight excluding hydrogens is 873 g/mol. The number of ether oxygens (including phenoxy) is 3. The second-order valence-corrected chi connectivity index (χ2v) is 18.7. The van der Waals surface area contributed by atoms with E-state index in [4.69, 9.17) is 14.2 Å². The Kier molecular flexibility index (Phi) is 11.0. The Morgan fingerprint density at radius 1 is 0.688 bits per heavy atom. The highest BCUT2D eigenvalue weighted by molar-refractivity contribution is 7.32. The molecule has 1 fully saturated rings. The largest absolute Gasteiger partial charge is 0.479 e. The minimum Gasteiger partial charge on any atom is -0.479 e. The van der Waals surface area contributed by atoms with Crippen LogP contribution in [0, 0.1) is 22.7 Å². The van der Waals surface area contributed by atoms with Crippen molar-refractivity contribution in [1.29, 1.82) is 10.5 Å². The van der Waals surface area contributed by atoms with Gasteiger partial charge in [-0.3, -0.25) is 19.2 Å². The molecule has 0 N–H and O–H groups in total. The number of hydrogen-bond donors (Lipinski definition) is 0. The Morgan fingerprint density at radius 2 is 1.19 bits per heavy atom. The van der Waals surface area contributed by atoms with Crippen LogP contribution in [-0.2, 0) is 47.5 Å². The molecule has 4 aliphatic rings. The van der Waals surface area contributed by atoms with E-state index >= 15 is 0 Å². The molecule has 0 atom stereocenters. The van der Waals surface area contributed by atoms with Gasteiger partial charge in [-0.2, -0.15) is 20.3 Å². The SMILES string of the molecule is CC1=C(C#N)C(=O)N(C(=O)OCc2ccccc2)C(=O)/C1=C/c1cc2c(s1)-c1sc3cc(/C=C4/C(=O)N(C(=O)OCc5ccccc5)C(=O)C(C#N)=C4C)sc3c1OC21CCCCC1. The molecule has 3 aromatic heterocycles. The quantitative estimate of drug-likeness (QED) is 0.117. The molecule has 1 spiro atoms. The minimum atomic E-state index is -1.18. The monoisotopic (exact) mass is 906 g/mol. The number of carbonyl (C=O) groups excluding carboxylic acids is 6. The highest BCUT2D eigenvalue weighted by Crippen LogP contribution is 2.60. The zero-order valence-electron chi connectivity index (χ0n) is 34.2. The van der Waals surface area contributed by atoms with Crippen LogP contribution < -0.4 is 4.74 Å². The van der Waals surface area contributed by atoms with Crippen molar-refractivity contribution in [1.82, 2.24) is 9.80 Å². The van der Waals surface area contributed by atoms with Crippen LogP contribution in [0.2, 0.25) is 0 Å². The first-order valence-electron chi connectivity index (χ1n) is 20.2. The van der Waals surface area contributed by atoms with Crippen LogP contribution in [0.3, 0.4) is 0 Å². The van der Waals surface area contributed by atoms with Crippen molar-refractivity contribution < 1.29 is 43.0 Å². The first kappa shape index (κ1) is 42.1. The van der Waals surface area contributed by atoms with Gasteiger partial charge < -0.3 is 14.2 Å². The summed E-state index contributed by atoms with van der Waals surface area (Å²) in [5, 5.41) is 19.9. The summed E-state index contributed by atoms with van der Waals surface area (Å²) in [4.78, 5) is 84.7. The average molecular weight is 907 g/mol. The standard InChI is InChI=1S/C48H34N4O9S3/c1-26-32(42(53)51(44(55)34(26)22-49)46(57)59-24-28-12-6-3-7-13-28)18-30-20-36-39(62-30)41-38(61-48(36)16-10-5-11-17-48)40-37(64-41)21-31(63-40)19-33-27(2)35(23-50)45(56)52(43(33)54)47(58)60-25-29-14-8-4-9-15-29/h3-4,6-9,12-15,18-21H,5,10-11,16-17,24-25H2,1-2H3/b32-18+,33-19+. The zero-order chi connectivity index (χ0) is 44.9. The van der Waals surface area contributed by atoms with Crippen molar-refractivity contribution in [2.75, 3.05) is 0 Å². The third kappa shape index (κ3) is 7.25. The van der Waals surface area contributed by atoms with Crippen LogP contribution in [0.15, 0.2) is 106 Å². The summed E-state index contributed by atoms with van der Waals surface area (Å²) in [6, 6.07) is 25.2. The number of nitrogens with zero attached hydrogens (tertiary/aromatic N) is 4. The normalized spacial score (nSPS) is 18.3. The lowest BCUT2D eigenvalue weighted by Gasteiger charge is -2.40. The van der Waals surface area contributed by atoms with Gasteiger partial charge >= 0.3 is 12.2 Å². The average Bonchev–Trinajstić information content (AvgIpc) is 4.00. The van der Waals surface area contributed by atoms with Gasteiger partial charge in [-0.15, -0.1) is 34.0 Å². The van der Waals surface area contributed by atoms with E-state index in [2.05, 4.69) is 0 Å². The van der Waals surface area contributed by atoms with Crippen molar-refractivity contribution in [2.45, 2.75) is 64.8 Å². The second kappa shape index (κ2) is 16.8. The lowest BCUT2D eigenvalue weighted by atomic mass is 9.78. The molecule has 0 bridgehead atoms. The van der Waals surface area contributed by atoms with Gasteiger partial charge in [0.2, 0.25) is 0 Å². The summed E-state index contributed by atoms with van der Waals surface area (Å²) in [6.45, 7) is 2.65. The van der Waals surface area contributed by atoms with E-state index in [0.717, 1.165) is 56.8 Å². The number of hydrogen-bond acceptors (Lipinski definition) is 14. The fraction of sp³-hybridized carbons (Fsp3) is 0.208. The molecular formula is C48H34N4O9S3. The topological polar surface area (TPSA) is 184 Å². The predicted octanol–water partition coefficient (Wildman–Crippen LogP) is 10.1. The number of thiophene rings is 3. The Labute approximate surface area is 378 Å². The number of rotatable bonds is 6. The summed E-state index contributed by atoms with van der Waals surface area (Å²) in [7, 11) is 0. The second-order valence-electron chi connectivity index (χ2n) is 15.5. The van der Waals surface area contributed by atoms with Gasteiger partial charge in [0.1, 0.15) is 42.1 Å². The Balaban J connectivity index is 1.06. The fourth-order valence-corrected chi connectivity index (χ4v) is 12.1. The molecule has 16 heteroatoms. The van der Waals surface area contributed by atoms with Crippen molar-refractivity contribution in [2.24, 2.45) is 0 Å². The van der Waals surface area contributed by atoms with Gasteiger partial charge in [-0.05, 0) is 86.1 Å². The number of nitriles is 2. The molecule has 3 aliphatic heterocycles. The summed E-state index contributed by atoms with van der Waals surface area (Å²) < 4.78 is 19.4. The lowest BCUT2D eigenvalue weighted by molar-refractivity contribution is -0.140. The van der Waals surface area contributed by atoms with E-state index in [0.29, 0.717) is 36.4 Å². The van der Waals surface area contributed by atoms with Crippen LogP contribution in [0.1, 0.15) is 72.4 Å². The molecule has 64 heavy (non-hydrogen) atoms. The summed E-state index contributed by atoms with van der Waals surface area (Å²) in [5.74, 6) is -3.21. The minimum absolute atomic E-state index is 0.00403. The van der Waals surface area contributed by atoms with Gasteiger partial charge in [-0.1, -0.05) is 67.1 Å². The molecule has 6 heterocycles. The highest BCUT2D eigenvalue weighted by Gasteiger charge is 2.46. The molecule has 318 valence electrons. The summed E-state index contributed by atoms with van der Waals surface area (Å²) >= 11 is 4.29. The molecule has 6 amide bonds. The van der Waals surface area contributed by atoms with Gasteiger partial charge in [0, 0.05) is 26.5 Å². The molecule has 2 aromatic carbocycles. The van der Waals surface area contributed by atoms with E-state index < -0.39 is 41.4 Å². The molecule has 0 unspecified atom stereocenters. The number of imide groups is 6. The third-order valence-corrected chi connectivity index (χ3v) is 15.2. The zero-order valence-corrected chi connectivity index (χ0v) is 36.7. The molecule has 5 aromatic rings. The maximum atomic E-state index is 14.0. The van der Waals surface area contributed by atoms with Gasteiger partial charge in [-0.25, -0.2) is 9.59 Å². The van der Waals surface area contributed by atoms with Crippen LogP contribution in [0.5, 0.6) is 5.75 Å². The van der Waals surface area contributed by atoms with E-state index in [1.807, 2.05) is 24.3 Å². The van der Waals surface area contributed by atoms with E-state index in [1.165, 1.54) is 47.9 Å². The Bertz CT molecular complexity index is 3080. The van der Waals surface area contributed by atoms with Crippen LogP contribution in [0.25, 0.3) is 31.3 Å². The molecule has 13 nitrogen and oxygen atoms in total. The molecule has 9 rings (SSSR count). The highest BCUT2D eigenvalue weighted by atomic mass is 32.1. The van der Waals surface area contributed by atoms with Gasteiger partial charge in [0.05, 0.1) is 19.2 Å². The van der Waals surface area contributed by atoms with Gasteiger partial charge in [0.25, 0.3) is 23.6 Å². The van der Waals surface area contributed by atoms with Crippen molar-refractivity contribution in [3.05, 3.63) is 133 Å². The smallest absolute Gasteiger partial charge is 0.424 e. The summed E-state index contributed by atoms with van der Waals surface area (Å²) in [6.07, 6.45) is 5.15. The van der Waals surface area contributed by atoms with Crippen LogP contribution in [-0.4, -0.2) is 45.6 Å². The Morgan fingerprint density at radius 3 is 1.69 bits per heavy atom. The maximum absolute atomic E-state index is 14.0. The van der Waals surface area contributed by atoms with E-state index in [-0.39, 0.29) is 46.7 Å². The Hall–Kier alpha value is -7.24. The molecule has 1 saturated carbocycles. The maximum Gasteiger partial charge on any atom is 0.424 e. The van der Waals surface area contributed by atoms with E-state index in [9.17, 15) is 39.3 Å². The lowest BCUT2D eigenvalue weighted by Crippen LogP contribution is -2.46. The molecule has 0 radical (unpaired) electrons. The van der Waals surface area contributed by atoms with Crippen LogP contribution >= 0.6 is 34.0 Å². The number of fused-ring (bicyclic) bond motifs is 6. The summed E-state index contributed by atoms with van der Waals surface area (Å²) in [5.41, 5.74) is 1.22.